The van der Waals surface area contributed by atoms with E-state index in [4.69, 9.17) is 0 Å². The van der Waals surface area contributed by atoms with Crippen molar-refractivity contribution < 1.29 is 13.2 Å². The molecule has 0 radical (unpaired) electrons. The topological polar surface area (TPSA) is 80.5 Å². The van der Waals surface area contributed by atoms with E-state index in [0.29, 0.717) is 5.69 Å². The average Bonchev–Trinajstić information content (AvgIpc) is 3.31. The first-order valence-electron chi connectivity index (χ1n) is 8.28. The standard InChI is InChI=1S/C19H19N3O3S2/c1-14(2)27(24,25)16-13-26-18(17(16)22-10-6-7-11-22)19(23)21-20-12-15-8-4-3-5-9-15/h3-14H,1-2H3,(H,21,23). The molecular weight excluding hydrogens is 382 g/mol. The highest BCUT2D eigenvalue weighted by Gasteiger charge is 2.29. The summed E-state index contributed by atoms with van der Waals surface area (Å²) in [6.07, 6.45) is 4.96. The van der Waals surface area contributed by atoms with Crippen LogP contribution in [0.15, 0.2) is 70.2 Å². The summed E-state index contributed by atoms with van der Waals surface area (Å²) >= 11 is 1.09. The van der Waals surface area contributed by atoms with Gasteiger partial charge in [-0.15, -0.1) is 11.3 Å². The van der Waals surface area contributed by atoms with Crippen molar-refractivity contribution in [2.24, 2.45) is 5.10 Å². The molecule has 0 aliphatic carbocycles. The van der Waals surface area contributed by atoms with E-state index in [1.165, 1.54) is 11.6 Å². The van der Waals surface area contributed by atoms with E-state index in [1.54, 1.807) is 42.9 Å². The summed E-state index contributed by atoms with van der Waals surface area (Å²) in [5.41, 5.74) is 3.67. The highest BCUT2D eigenvalue weighted by molar-refractivity contribution is 7.92. The van der Waals surface area contributed by atoms with E-state index in [0.717, 1.165) is 16.9 Å². The Bertz CT molecular complexity index is 1050. The molecule has 0 fully saturated rings. The minimum atomic E-state index is -3.54. The number of hydrogen-bond acceptors (Lipinski definition) is 5. The molecule has 0 aliphatic heterocycles. The molecule has 1 N–H and O–H groups in total. The molecule has 0 unspecified atom stereocenters. The van der Waals surface area contributed by atoms with Gasteiger partial charge in [-0.05, 0) is 31.5 Å². The first-order valence-corrected chi connectivity index (χ1v) is 10.7. The molecule has 1 aromatic carbocycles. The average molecular weight is 402 g/mol. The smallest absolute Gasteiger partial charge is 0.283 e. The number of benzene rings is 1. The zero-order chi connectivity index (χ0) is 19.4. The lowest BCUT2D eigenvalue weighted by Crippen LogP contribution is -2.20. The summed E-state index contributed by atoms with van der Waals surface area (Å²) in [5.74, 6) is -0.457. The van der Waals surface area contributed by atoms with Crippen molar-refractivity contribution in [1.82, 2.24) is 9.99 Å². The molecule has 3 rings (SSSR count). The number of rotatable bonds is 6. The number of aromatic nitrogens is 1. The van der Waals surface area contributed by atoms with Crippen molar-refractivity contribution in [2.45, 2.75) is 24.0 Å². The van der Waals surface area contributed by atoms with Gasteiger partial charge in [0.15, 0.2) is 9.84 Å². The number of carbonyl (C=O) groups is 1. The van der Waals surface area contributed by atoms with Crippen molar-refractivity contribution in [3.05, 3.63) is 70.7 Å². The highest BCUT2D eigenvalue weighted by atomic mass is 32.2. The van der Waals surface area contributed by atoms with Gasteiger partial charge in [-0.25, -0.2) is 13.8 Å². The molecule has 2 heterocycles. The molecule has 2 aromatic heterocycles. The van der Waals surface area contributed by atoms with E-state index in [1.807, 2.05) is 30.3 Å². The second-order valence-corrected chi connectivity index (χ2v) is 9.42. The van der Waals surface area contributed by atoms with Crippen LogP contribution < -0.4 is 5.43 Å². The van der Waals surface area contributed by atoms with E-state index in [2.05, 4.69) is 10.5 Å². The van der Waals surface area contributed by atoms with Crippen molar-refractivity contribution in [1.29, 1.82) is 0 Å². The van der Waals surface area contributed by atoms with Gasteiger partial charge in [0, 0.05) is 17.8 Å². The number of hydrazone groups is 1. The van der Waals surface area contributed by atoms with Gasteiger partial charge in [0.05, 0.1) is 17.2 Å². The van der Waals surface area contributed by atoms with Crippen molar-refractivity contribution >= 4 is 33.3 Å². The highest BCUT2D eigenvalue weighted by Crippen LogP contribution is 2.32. The Balaban J connectivity index is 1.95. The molecule has 0 aliphatic rings. The van der Waals surface area contributed by atoms with Crippen LogP contribution in [-0.4, -0.2) is 30.4 Å². The SMILES string of the molecule is CC(C)S(=O)(=O)c1csc(C(=O)NN=Cc2ccccc2)c1-n1cccc1. The molecule has 0 bridgehead atoms. The Labute approximate surface area is 162 Å². The van der Waals surface area contributed by atoms with Gasteiger partial charge in [0.25, 0.3) is 5.91 Å². The lowest BCUT2D eigenvalue weighted by atomic mass is 10.2. The molecule has 0 saturated heterocycles. The summed E-state index contributed by atoms with van der Waals surface area (Å²) in [6, 6.07) is 12.9. The van der Waals surface area contributed by atoms with E-state index in [9.17, 15) is 13.2 Å². The summed E-state index contributed by atoms with van der Waals surface area (Å²) in [5, 5.41) is 4.90. The molecule has 6 nitrogen and oxygen atoms in total. The fraction of sp³-hybridized carbons (Fsp3) is 0.158. The van der Waals surface area contributed by atoms with E-state index >= 15 is 0 Å². The fourth-order valence-electron chi connectivity index (χ4n) is 2.44. The van der Waals surface area contributed by atoms with E-state index < -0.39 is 21.0 Å². The van der Waals surface area contributed by atoms with Crippen LogP contribution in [0.3, 0.4) is 0 Å². The van der Waals surface area contributed by atoms with Crippen LogP contribution in [0, 0.1) is 0 Å². The molecule has 8 heteroatoms. The largest absolute Gasteiger partial charge is 0.321 e. The van der Waals surface area contributed by atoms with Gasteiger partial charge in [-0.3, -0.25) is 4.79 Å². The Kier molecular flexibility index (Phi) is 5.57. The third-order valence-corrected chi connectivity index (χ3v) is 7.19. The van der Waals surface area contributed by atoms with Gasteiger partial charge in [0.2, 0.25) is 0 Å². The lowest BCUT2D eigenvalue weighted by molar-refractivity contribution is 0.0959. The monoisotopic (exact) mass is 401 g/mol. The van der Waals surface area contributed by atoms with Crippen molar-refractivity contribution in [3.63, 3.8) is 0 Å². The van der Waals surface area contributed by atoms with Crippen LogP contribution in [-0.2, 0) is 9.84 Å². The molecule has 0 saturated carbocycles. The number of carbonyl (C=O) groups excluding carboxylic acids is 1. The van der Waals surface area contributed by atoms with Gasteiger partial charge in [-0.1, -0.05) is 30.3 Å². The predicted octanol–water partition coefficient (Wildman–Crippen LogP) is 3.48. The zero-order valence-corrected chi connectivity index (χ0v) is 16.5. The maximum absolute atomic E-state index is 12.7. The lowest BCUT2D eigenvalue weighted by Gasteiger charge is -2.11. The number of nitrogens with one attached hydrogen (secondary N) is 1. The maximum atomic E-state index is 12.7. The van der Waals surface area contributed by atoms with Crippen LogP contribution in [0.25, 0.3) is 5.69 Å². The second kappa shape index (κ2) is 7.89. The van der Waals surface area contributed by atoms with Gasteiger partial charge < -0.3 is 4.57 Å². The normalized spacial score (nSPS) is 12.0. The Morgan fingerprint density at radius 2 is 1.81 bits per heavy atom. The van der Waals surface area contributed by atoms with Crippen molar-refractivity contribution in [2.75, 3.05) is 0 Å². The minimum Gasteiger partial charge on any atom is -0.321 e. The number of nitrogens with zero attached hydrogens (tertiary/aromatic N) is 2. The van der Waals surface area contributed by atoms with Crippen molar-refractivity contribution in [3.8, 4) is 5.69 Å². The quantitative estimate of drug-likeness (QED) is 0.507. The van der Waals surface area contributed by atoms with Crippen LogP contribution in [0.1, 0.15) is 29.1 Å². The molecule has 3 aromatic rings. The molecule has 0 atom stereocenters. The maximum Gasteiger partial charge on any atom is 0.283 e. The Morgan fingerprint density at radius 1 is 1.15 bits per heavy atom. The summed E-state index contributed by atoms with van der Waals surface area (Å²) in [6.45, 7) is 3.24. The summed E-state index contributed by atoms with van der Waals surface area (Å²) in [7, 11) is -3.54. The molecule has 140 valence electrons. The molecule has 0 spiro atoms. The third kappa shape index (κ3) is 4.01. The number of sulfone groups is 1. The first kappa shape index (κ1) is 19.1. The molecule has 1 amide bonds. The van der Waals surface area contributed by atoms with Crippen LogP contribution in [0.2, 0.25) is 0 Å². The molecule has 27 heavy (non-hydrogen) atoms. The Morgan fingerprint density at radius 3 is 2.44 bits per heavy atom. The number of thiophene rings is 1. The number of amides is 1. The predicted molar refractivity (Wildman–Crippen MR) is 107 cm³/mol. The van der Waals surface area contributed by atoms with Crippen LogP contribution >= 0.6 is 11.3 Å². The van der Waals surface area contributed by atoms with Crippen LogP contribution in [0.4, 0.5) is 0 Å². The summed E-state index contributed by atoms with van der Waals surface area (Å²) < 4.78 is 27.1. The summed E-state index contributed by atoms with van der Waals surface area (Å²) in [4.78, 5) is 13.1. The molecular formula is C19H19N3O3S2. The van der Waals surface area contributed by atoms with Gasteiger partial charge >= 0.3 is 0 Å². The number of hydrogen-bond donors (Lipinski definition) is 1. The van der Waals surface area contributed by atoms with E-state index in [-0.39, 0.29) is 9.77 Å². The fourth-order valence-corrected chi connectivity index (χ4v) is 4.98. The first-order chi connectivity index (χ1) is 12.9. The third-order valence-electron chi connectivity index (χ3n) is 3.91. The van der Waals surface area contributed by atoms with Crippen LogP contribution in [0.5, 0.6) is 0 Å². The minimum absolute atomic E-state index is 0.149. The second-order valence-electron chi connectivity index (χ2n) is 6.07. The van der Waals surface area contributed by atoms with Gasteiger partial charge in [-0.2, -0.15) is 5.10 Å². The Hall–Kier alpha value is -2.71. The zero-order valence-electron chi connectivity index (χ0n) is 14.9. The van der Waals surface area contributed by atoms with Gasteiger partial charge in [0.1, 0.15) is 9.77 Å².